The van der Waals surface area contributed by atoms with E-state index in [1.807, 2.05) is 0 Å². The van der Waals surface area contributed by atoms with Crippen molar-refractivity contribution in [2.45, 2.75) is 30.5 Å². The lowest BCUT2D eigenvalue weighted by Gasteiger charge is -2.25. The molecule has 0 aliphatic heterocycles. The number of hydrogen-bond acceptors (Lipinski definition) is 3. The average Bonchev–Trinajstić information content (AvgIpc) is 2.46. The number of alkyl halides is 1. The number of nitro groups is 1. The van der Waals surface area contributed by atoms with Gasteiger partial charge >= 0.3 is 0 Å². The van der Waals surface area contributed by atoms with E-state index in [2.05, 4.69) is 21.2 Å². The highest BCUT2D eigenvalue weighted by molar-refractivity contribution is 9.09. The van der Waals surface area contributed by atoms with Crippen molar-refractivity contribution in [2.24, 2.45) is 5.92 Å². The van der Waals surface area contributed by atoms with Gasteiger partial charge in [0.15, 0.2) is 0 Å². The molecule has 1 N–H and O–H groups in total. The Morgan fingerprint density at radius 3 is 2.67 bits per heavy atom. The summed E-state index contributed by atoms with van der Waals surface area (Å²) in [6.45, 7) is 0.554. The molecule has 5 nitrogen and oxygen atoms in total. The van der Waals surface area contributed by atoms with Gasteiger partial charge in [-0.05, 0) is 43.7 Å². The van der Waals surface area contributed by atoms with Crippen LogP contribution in [0.5, 0.6) is 0 Å². The number of benzene rings is 1. The van der Waals surface area contributed by atoms with E-state index < -0.39 is 10.8 Å². The summed E-state index contributed by atoms with van der Waals surface area (Å²) < 4.78 is 0. The Balaban J connectivity index is 1.99. The van der Waals surface area contributed by atoms with Gasteiger partial charge < -0.3 is 5.32 Å². The third kappa shape index (κ3) is 4.41. The highest BCUT2D eigenvalue weighted by Crippen LogP contribution is 2.28. The Morgan fingerprint density at radius 1 is 1.38 bits per heavy atom. The van der Waals surface area contributed by atoms with Gasteiger partial charge in [0.25, 0.3) is 11.6 Å². The number of hydrogen-bond donors (Lipinski definition) is 1. The Morgan fingerprint density at radius 2 is 2.05 bits per heavy atom. The van der Waals surface area contributed by atoms with Gasteiger partial charge in [-0.25, -0.2) is 0 Å². The van der Waals surface area contributed by atoms with Crippen molar-refractivity contribution in [3.63, 3.8) is 0 Å². The Kier molecular flexibility index (Phi) is 5.58. The molecule has 1 aliphatic rings. The third-order valence-corrected chi connectivity index (χ3v) is 4.88. The SMILES string of the molecule is O=C(NCC1CCC(Br)CC1)c1ccc(Cl)cc1[N+](=O)[O-]. The predicted molar refractivity (Wildman–Crippen MR) is 85.1 cm³/mol. The number of rotatable bonds is 4. The molecule has 0 heterocycles. The van der Waals surface area contributed by atoms with Crippen molar-refractivity contribution >= 4 is 39.1 Å². The topological polar surface area (TPSA) is 72.2 Å². The molecule has 0 atom stereocenters. The summed E-state index contributed by atoms with van der Waals surface area (Å²) in [5, 5.41) is 14.0. The van der Waals surface area contributed by atoms with Crippen molar-refractivity contribution in [1.82, 2.24) is 5.32 Å². The van der Waals surface area contributed by atoms with Crippen LogP contribution >= 0.6 is 27.5 Å². The van der Waals surface area contributed by atoms with E-state index in [9.17, 15) is 14.9 Å². The fourth-order valence-corrected chi connectivity index (χ4v) is 3.20. The highest BCUT2D eigenvalue weighted by atomic mass is 79.9. The summed E-state index contributed by atoms with van der Waals surface area (Å²) in [5.41, 5.74) is -0.206. The number of carbonyl (C=O) groups excluding carboxylic acids is 1. The van der Waals surface area contributed by atoms with Crippen LogP contribution in [0.3, 0.4) is 0 Å². The second-order valence-corrected chi connectivity index (χ2v) is 6.98. The second kappa shape index (κ2) is 7.22. The van der Waals surface area contributed by atoms with Crippen molar-refractivity contribution < 1.29 is 9.72 Å². The van der Waals surface area contributed by atoms with Gasteiger partial charge in [0.1, 0.15) is 5.56 Å². The highest BCUT2D eigenvalue weighted by Gasteiger charge is 2.23. The van der Waals surface area contributed by atoms with Crippen LogP contribution in [0.4, 0.5) is 5.69 Å². The van der Waals surface area contributed by atoms with Gasteiger partial charge in [0.05, 0.1) is 4.92 Å². The van der Waals surface area contributed by atoms with Gasteiger partial charge in [0, 0.05) is 22.5 Å². The van der Waals surface area contributed by atoms with Crippen LogP contribution in [0.25, 0.3) is 0 Å². The van der Waals surface area contributed by atoms with E-state index in [0.29, 0.717) is 17.3 Å². The summed E-state index contributed by atoms with van der Waals surface area (Å²) in [7, 11) is 0. The number of nitro benzene ring substituents is 1. The zero-order chi connectivity index (χ0) is 15.4. The molecule has 1 amide bonds. The van der Waals surface area contributed by atoms with Crippen LogP contribution in [-0.2, 0) is 0 Å². The maximum absolute atomic E-state index is 12.1. The van der Waals surface area contributed by atoms with Crippen LogP contribution in [-0.4, -0.2) is 22.2 Å². The quantitative estimate of drug-likeness (QED) is 0.492. The summed E-state index contributed by atoms with van der Waals surface area (Å²) in [6.07, 6.45) is 4.31. The molecule has 1 saturated carbocycles. The van der Waals surface area contributed by atoms with Crippen LogP contribution < -0.4 is 5.32 Å². The largest absolute Gasteiger partial charge is 0.352 e. The Labute approximate surface area is 136 Å². The lowest BCUT2D eigenvalue weighted by Crippen LogP contribution is -2.31. The van der Waals surface area contributed by atoms with Crippen LogP contribution in [0.2, 0.25) is 5.02 Å². The number of amides is 1. The molecule has 0 aromatic heterocycles. The molecule has 1 aliphatic carbocycles. The normalized spacial score (nSPS) is 21.8. The summed E-state index contributed by atoms with van der Waals surface area (Å²) in [4.78, 5) is 23.1. The number of nitrogens with one attached hydrogen (secondary N) is 1. The molecular formula is C14H16BrClN2O3. The fraction of sp³-hybridized carbons (Fsp3) is 0.500. The summed E-state index contributed by atoms with van der Waals surface area (Å²) in [6, 6.07) is 4.08. The summed E-state index contributed by atoms with van der Waals surface area (Å²) in [5.74, 6) is 0.0217. The molecule has 2 rings (SSSR count). The number of carbonyl (C=O) groups is 1. The molecule has 0 bridgehead atoms. The predicted octanol–water partition coefficient (Wildman–Crippen LogP) is 3.93. The van der Waals surface area contributed by atoms with Crippen molar-refractivity contribution in [3.8, 4) is 0 Å². The minimum absolute atomic E-state index is 0.0542. The third-order valence-electron chi connectivity index (χ3n) is 3.73. The number of halogens is 2. The van der Waals surface area contributed by atoms with Gasteiger partial charge in [0.2, 0.25) is 0 Å². The van der Waals surface area contributed by atoms with Crippen LogP contribution in [0.1, 0.15) is 36.0 Å². The molecule has 114 valence electrons. The van der Waals surface area contributed by atoms with Crippen molar-refractivity contribution in [2.75, 3.05) is 6.54 Å². The first-order valence-corrected chi connectivity index (χ1v) is 8.13. The zero-order valence-electron chi connectivity index (χ0n) is 11.4. The van der Waals surface area contributed by atoms with Crippen molar-refractivity contribution in [3.05, 3.63) is 38.9 Å². The smallest absolute Gasteiger partial charge is 0.283 e. The minimum Gasteiger partial charge on any atom is -0.352 e. The van der Waals surface area contributed by atoms with Crippen molar-refractivity contribution in [1.29, 1.82) is 0 Å². The lowest BCUT2D eigenvalue weighted by atomic mass is 9.89. The Hall–Kier alpha value is -1.14. The maximum atomic E-state index is 12.1. The molecule has 0 radical (unpaired) electrons. The average molecular weight is 376 g/mol. The monoisotopic (exact) mass is 374 g/mol. The van der Waals surface area contributed by atoms with Gasteiger partial charge in [-0.3, -0.25) is 14.9 Å². The fourth-order valence-electron chi connectivity index (χ4n) is 2.51. The molecule has 21 heavy (non-hydrogen) atoms. The minimum atomic E-state index is -0.586. The van der Waals surface area contributed by atoms with Crippen LogP contribution in [0.15, 0.2) is 18.2 Å². The molecular weight excluding hydrogens is 360 g/mol. The first-order valence-electron chi connectivity index (χ1n) is 6.83. The molecule has 0 spiro atoms. The van der Waals surface area contributed by atoms with Crippen LogP contribution in [0, 0.1) is 16.0 Å². The lowest BCUT2D eigenvalue weighted by molar-refractivity contribution is -0.385. The second-order valence-electron chi connectivity index (χ2n) is 5.25. The van der Waals surface area contributed by atoms with E-state index in [1.54, 1.807) is 0 Å². The van der Waals surface area contributed by atoms with Gasteiger partial charge in [-0.1, -0.05) is 27.5 Å². The molecule has 1 aromatic carbocycles. The van der Waals surface area contributed by atoms with Gasteiger partial charge in [-0.2, -0.15) is 0 Å². The Bertz CT molecular complexity index is 545. The first-order chi connectivity index (χ1) is 9.97. The van der Waals surface area contributed by atoms with E-state index in [4.69, 9.17) is 11.6 Å². The summed E-state index contributed by atoms with van der Waals surface area (Å²) >= 11 is 9.33. The molecule has 7 heteroatoms. The standard InChI is InChI=1S/C14H16BrClN2O3/c15-10-3-1-9(2-4-10)8-17-14(19)12-6-5-11(16)7-13(12)18(20)21/h5-7,9-10H,1-4,8H2,(H,17,19). The molecule has 1 fully saturated rings. The van der Waals surface area contributed by atoms with E-state index in [-0.39, 0.29) is 16.3 Å². The zero-order valence-corrected chi connectivity index (χ0v) is 13.7. The molecule has 1 aromatic rings. The first kappa shape index (κ1) is 16.2. The van der Waals surface area contributed by atoms with E-state index >= 15 is 0 Å². The van der Waals surface area contributed by atoms with Gasteiger partial charge in [-0.15, -0.1) is 0 Å². The number of nitrogens with zero attached hydrogens (tertiary/aromatic N) is 1. The molecule has 0 unspecified atom stereocenters. The maximum Gasteiger partial charge on any atom is 0.283 e. The van der Waals surface area contributed by atoms with E-state index in [0.717, 1.165) is 25.7 Å². The van der Waals surface area contributed by atoms with E-state index in [1.165, 1.54) is 18.2 Å². The molecule has 0 saturated heterocycles.